The van der Waals surface area contributed by atoms with E-state index in [-0.39, 0.29) is 11.5 Å². The summed E-state index contributed by atoms with van der Waals surface area (Å²) in [5, 5.41) is 10.1. The summed E-state index contributed by atoms with van der Waals surface area (Å²) in [5.41, 5.74) is 1.56. The molecule has 0 amide bonds. The maximum atomic E-state index is 10.1. The average molecular weight is 232 g/mol. The van der Waals surface area contributed by atoms with Gasteiger partial charge >= 0.3 is 0 Å². The third-order valence-electron chi connectivity index (χ3n) is 4.69. The van der Waals surface area contributed by atoms with Crippen molar-refractivity contribution in [3.05, 3.63) is 35.9 Å². The van der Waals surface area contributed by atoms with E-state index in [1.54, 1.807) is 0 Å². The Bertz CT molecular complexity index is 355. The molecule has 1 saturated carbocycles. The Morgan fingerprint density at radius 1 is 1.12 bits per heavy atom. The molecule has 94 valence electrons. The van der Waals surface area contributed by atoms with Crippen molar-refractivity contribution < 1.29 is 5.11 Å². The van der Waals surface area contributed by atoms with Gasteiger partial charge in [0.2, 0.25) is 0 Å². The molecule has 1 aliphatic rings. The van der Waals surface area contributed by atoms with Gasteiger partial charge < -0.3 is 5.11 Å². The number of hydrogen-bond acceptors (Lipinski definition) is 1. The fourth-order valence-corrected chi connectivity index (χ4v) is 3.06. The molecule has 1 heteroatoms. The molecule has 0 spiro atoms. The van der Waals surface area contributed by atoms with Crippen molar-refractivity contribution in [2.45, 2.75) is 51.6 Å². The van der Waals surface area contributed by atoms with E-state index in [4.69, 9.17) is 0 Å². The van der Waals surface area contributed by atoms with Crippen LogP contribution in [-0.2, 0) is 5.41 Å². The molecule has 0 heterocycles. The molecule has 1 N–H and O–H groups in total. The monoisotopic (exact) mass is 232 g/mol. The highest BCUT2D eigenvalue weighted by Gasteiger charge is 2.36. The van der Waals surface area contributed by atoms with Gasteiger partial charge in [-0.3, -0.25) is 0 Å². The number of aliphatic hydroxyl groups is 1. The van der Waals surface area contributed by atoms with E-state index >= 15 is 0 Å². The summed E-state index contributed by atoms with van der Waals surface area (Å²) < 4.78 is 0. The number of aliphatic hydroxyl groups excluding tert-OH is 1. The van der Waals surface area contributed by atoms with Crippen LogP contribution >= 0.6 is 0 Å². The van der Waals surface area contributed by atoms with Crippen molar-refractivity contribution in [3.8, 4) is 0 Å². The van der Waals surface area contributed by atoms with Gasteiger partial charge in [0, 0.05) is 0 Å². The highest BCUT2D eigenvalue weighted by Crippen LogP contribution is 2.42. The van der Waals surface area contributed by atoms with Gasteiger partial charge in [-0.15, -0.1) is 0 Å². The van der Waals surface area contributed by atoms with E-state index in [0.717, 1.165) is 12.8 Å². The third-order valence-corrected chi connectivity index (χ3v) is 4.69. The predicted octanol–water partition coefficient (Wildman–Crippen LogP) is 3.76. The number of hydrogen-bond donors (Lipinski definition) is 1. The molecule has 2 rings (SSSR count). The smallest absolute Gasteiger partial charge is 0.0568 e. The first-order valence-electron chi connectivity index (χ1n) is 6.75. The van der Waals surface area contributed by atoms with Gasteiger partial charge in [0.25, 0.3) is 0 Å². The lowest BCUT2D eigenvalue weighted by Crippen LogP contribution is -2.37. The molecule has 0 aliphatic heterocycles. The first-order chi connectivity index (χ1) is 8.01. The first kappa shape index (κ1) is 12.6. The van der Waals surface area contributed by atoms with Gasteiger partial charge in [0.05, 0.1) is 6.10 Å². The van der Waals surface area contributed by atoms with E-state index in [2.05, 4.69) is 51.1 Å². The average Bonchev–Trinajstić information content (AvgIpc) is 2.33. The van der Waals surface area contributed by atoms with E-state index in [9.17, 15) is 5.11 Å². The lowest BCUT2D eigenvalue weighted by molar-refractivity contribution is 0.0335. The second-order valence-electron chi connectivity index (χ2n) is 6.14. The molecule has 17 heavy (non-hydrogen) atoms. The van der Waals surface area contributed by atoms with E-state index in [1.165, 1.54) is 12.0 Å². The van der Waals surface area contributed by atoms with Crippen LogP contribution in [0.3, 0.4) is 0 Å². The Hall–Kier alpha value is -0.820. The Kier molecular flexibility index (Phi) is 3.58. The molecule has 0 bridgehead atoms. The summed E-state index contributed by atoms with van der Waals surface area (Å²) in [6, 6.07) is 10.7. The van der Waals surface area contributed by atoms with Crippen molar-refractivity contribution in [2.24, 2.45) is 11.8 Å². The molecular formula is C16H24O. The van der Waals surface area contributed by atoms with Crippen molar-refractivity contribution in [1.29, 1.82) is 0 Å². The molecule has 1 fully saturated rings. The molecule has 1 unspecified atom stereocenters. The van der Waals surface area contributed by atoms with E-state index in [0.29, 0.717) is 11.8 Å². The highest BCUT2D eigenvalue weighted by molar-refractivity contribution is 5.24. The van der Waals surface area contributed by atoms with Gasteiger partial charge in [-0.05, 0) is 42.1 Å². The summed E-state index contributed by atoms with van der Waals surface area (Å²) in [5.74, 6) is 1.06. The Morgan fingerprint density at radius 3 is 2.35 bits per heavy atom. The largest absolute Gasteiger partial charge is 0.393 e. The Balaban J connectivity index is 2.16. The minimum atomic E-state index is -0.114. The van der Waals surface area contributed by atoms with Crippen molar-refractivity contribution in [3.63, 3.8) is 0 Å². The van der Waals surface area contributed by atoms with E-state index in [1.807, 2.05) is 0 Å². The molecule has 0 saturated heterocycles. The summed E-state index contributed by atoms with van der Waals surface area (Å²) in [6.45, 7) is 6.79. The zero-order valence-electron chi connectivity index (χ0n) is 11.2. The molecule has 0 radical (unpaired) electrons. The summed E-state index contributed by atoms with van der Waals surface area (Å²) in [7, 11) is 0. The van der Waals surface area contributed by atoms with Crippen LogP contribution < -0.4 is 0 Å². The van der Waals surface area contributed by atoms with Crippen LogP contribution in [0.1, 0.15) is 45.6 Å². The minimum Gasteiger partial charge on any atom is -0.393 e. The van der Waals surface area contributed by atoms with Crippen LogP contribution in [0.5, 0.6) is 0 Å². The van der Waals surface area contributed by atoms with Crippen molar-refractivity contribution >= 4 is 0 Å². The fraction of sp³-hybridized carbons (Fsp3) is 0.625. The lowest BCUT2D eigenvalue weighted by Gasteiger charge is -2.41. The molecule has 1 nitrogen and oxygen atoms in total. The summed E-state index contributed by atoms with van der Waals surface area (Å²) >= 11 is 0. The highest BCUT2D eigenvalue weighted by atomic mass is 16.3. The second kappa shape index (κ2) is 4.81. The maximum Gasteiger partial charge on any atom is 0.0568 e. The topological polar surface area (TPSA) is 20.2 Å². The normalized spacial score (nSPS) is 30.2. The first-order valence-corrected chi connectivity index (χ1v) is 6.75. The van der Waals surface area contributed by atoms with Gasteiger partial charge in [0.15, 0.2) is 0 Å². The standard InChI is InChI=1S/C16H24O/c1-12-9-10-14(11-15(12)17)16(2,3)13-7-5-4-6-8-13/h4-8,12,14-15,17H,9-11H2,1-3H3/t12-,14?,15+/m1/s1. The lowest BCUT2D eigenvalue weighted by atomic mass is 9.65. The van der Waals surface area contributed by atoms with E-state index < -0.39 is 0 Å². The van der Waals surface area contributed by atoms with Gasteiger partial charge in [-0.1, -0.05) is 51.1 Å². The SMILES string of the molecule is C[C@@H]1CCC(C(C)(C)c2ccccc2)C[C@@H]1O. The van der Waals surface area contributed by atoms with Crippen LogP contribution in [0.2, 0.25) is 0 Å². The van der Waals surface area contributed by atoms with Gasteiger partial charge in [-0.25, -0.2) is 0 Å². The predicted molar refractivity (Wildman–Crippen MR) is 72.0 cm³/mol. The Morgan fingerprint density at radius 2 is 1.76 bits per heavy atom. The summed E-state index contributed by atoms with van der Waals surface area (Å²) in [4.78, 5) is 0. The van der Waals surface area contributed by atoms with Crippen LogP contribution in [-0.4, -0.2) is 11.2 Å². The number of benzene rings is 1. The second-order valence-corrected chi connectivity index (χ2v) is 6.14. The minimum absolute atomic E-state index is 0.114. The molecule has 1 aromatic carbocycles. The quantitative estimate of drug-likeness (QED) is 0.823. The maximum absolute atomic E-state index is 10.1. The zero-order valence-corrected chi connectivity index (χ0v) is 11.2. The number of rotatable bonds is 2. The van der Waals surface area contributed by atoms with Crippen molar-refractivity contribution in [2.75, 3.05) is 0 Å². The van der Waals surface area contributed by atoms with Crippen LogP contribution in [0, 0.1) is 11.8 Å². The Labute approximate surface area is 105 Å². The van der Waals surface area contributed by atoms with Crippen LogP contribution in [0.4, 0.5) is 0 Å². The molecule has 1 aromatic rings. The van der Waals surface area contributed by atoms with Gasteiger partial charge in [-0.2, -0.15) is 0 Å². The fourth-order valence-electron chi connectivity index (χ4n) is 3.06. The van der Waals surface area contributed by atoms with Crippen LogP contribution in [0.15, 0.2) is 30.3 Å². The molecule has 1 aliphatic carbocycles. The van der Waals surface area contributed by atoms with Crippen LogP contribution in [0.25, 0.3) is 0 Å². The zero-order chi connectivity index (χ0) is 12.5. The molecular weight excluding hydrogens is 208 g/mol. The third kappa shape index (κ3) is 2.55. The van der Waals surface area contributed by atoms with Gasteiger partial charge in [0.1, 0.15) is 0 Å². The molecule has 3 atom stereocenters. The van der Waals surface area contributed by atoms with Crippen molar-refractivity contribution in [1.82, 2.24) is 0 Å². The molecule has 0 aromatic heterocycles. The summed E-state index contributed by atoms with van der Waals surface area (Å²) in [6.07, 6.45) is 3.22.